The van der Waals surface area contributed by atoms with E-state index >= 15 is 0 Å². The van der Waals surface area contributed by atoms with E-state index in [4.69, 9.17) is 0 Å². The van der Waals surface area contributed by atoms with Crippen LogP contribution in [0.25, 0.3) is 0 Å². The summed E-state index contributed by atoms with van der Waals surface area (Å²) in [5.74, 6) is 0. The van der Waals surface area contributed by atoms with Crippen LogP contribution in [0.3, 0.4) is 0 Å². The van der Waals surface area contributed by atoms with Gasteiger partial charge in [0.05, 0.1) is 0 Å². The largest absolute Gasteiger partial charge is 0.235 e. The molecular formula is C5H8N. The van der Waals surface area contributed by atoms with Crippen molar-refractivity contribution in [3.63, 3.8) is 0 Å². The van der Waals surface area contributed by atoms with Crippen molar-refractivity contribution in [3.8, 4) is 0 Å². The Balaban J connectivity index is 2.16. The van der Waals surface area contributed by atoms with Crippen molar-refractivity contribution in [3.05, 3.63) is 0 Å². The van der Waals surface area contributed by atoms with E-state index < -0.39 is 0 Å². The number of fused-ring (bicyclic) bond motifs is 1. The van der Waals surface area contributed by atoms with Crippen molar-refractivity contribution in [1.82, 2.24) is 5.32 Å². The molecule has 2 aliphatic heterocycles. The van der Waals surface area contributed by atoms with E-state index in [1.54, 1.807) is 0 Å². The zero-order valence-electron chi connectivity index (χ0n) is 3.72. The molecule has 0 aromatic rings. The van der Waals surface area contributed by atoms with Gasteiger partial charge < -0.3 is 0 Å². The number of nitrogens with zero attached hydrogens (tertiary/aromatic N) is 1. The van der Waals surface area contributed by atoms with Crippen LogP contribution >= 0.6 is 0 Å². The topological polar surface area (TPSA) is 14.1 Å². The third-order valence-electron chi connectivity index (χ3n) is 1.80. The van der Waals surface area contributed by atoms with Crippen LogP contribution in [-0.4, -0.2) is 12.1 Å². The van der Waals surface area contributed by atoms with Gasteiger partial charge in [0.25, 0.3) is 0 Å². The lowest BCUT2D eigenvalue weighted by Crippen LogP contribution is -2.36. The van der Waals surface area contributed by atoms with E-state index in [0.717, 1.165) is 12.1 Å². The average molecular weight is 82.1 g/mol. The van der Waals surface area contributed by atoms with E-state index in [1.165, 1.54) is 19.3 Å². The van der Waals surface area contributed by atoms with Gasteiger partial charge in [-0.2, -0.15) is 0 Å². The normalized spacial score (nSPS) is 52.0. The Kier molecular flexibility index (Phi) is 0.396. The Bertz CT molecular complexity index is 50.8. The third-order valence-corrected chi connectivity index (χ3v) is 1.80. The molecular weight excluding hydrogens is 74.1 g/mol. The first-order valence-electron chi connectivity index (χ1n) is 2.65. The highest BCUT2D eigenvalue weighted by Crippen LogP contribution is 2.31. The quantitative estimate of drug-likeness (QED) is 0.404. The van der Waals surface area contributed by atoms with Crippen molar-refractivity contribution in [2.75, 3.05) is 0 Å². The third kappa shape index (κ3) is 0.207. The summed E-state index contributed by atoms with van der Waals surface area (Å²) in [6.45, 7) is 0. The Labute approximate surface area is 37.7 Å². The van der Waals surface area contributed by atoms with Gasteiger partial charge in [-0.15, -0.1) is 0 Å². The van der Waals surface area contributed by atoms with Gasteiger partial charge in [-0.3, -0.25) is 0 Å². The van der Waals surface area contributed by atoms with Crippen molar-refractivity contribution in [1.29, 1.82) is 0 Å². The van der Waals surface area contributed by atoms with E-state index in [9.17, 15) is 0 Å². The summed E-state index contributed by atoms with van der Waals surface area (Å²) in [4.78, 5) is 0. The highest BCUT2D eigenvalue weighted by molar-refractivity contribution is 4.95. The first-order valence-corrected chi connectivity index (χ1v) is 2.65. The molecule has 0 aromatic carbocycles. The molecule has 33 valence electrons. The van der Waals surface area contributed by atoms with Crippen LogP contribution in [-0.2, 0) is 0 Å². The molecule has 2 heterocycles. The molecule has 1 radical (unpaired) electrons. The van der Waals surface area contributed by atoms with Crippen molar-refractivity contribution < 1.29 is 0 Å². The SMILES string of the molecule is C1CC2CC1[N]2. The predicted octanol–water partition coefficient (Wildman–Crippen LogP) is 0.525. The molecule has 1 aliphatic carbocycles. The fraction of sp³-hybridized carbons (Fsp3) is 1.00. The summed E-state index contributed by atoms with van der Waals surface area (Å²) < 4.78 is 0. The highest BCUT2D eigenvalue weighted by atomic mass is 15.1. The molecule has 2 unspecified atom stereocenters. The molecule has 3 fully saturated rings. The molecule has 2 bridgehead atoms. The van der Waals surface area contributed by atoms with Gasteiger partial charge in [0.2, 0.25) is 0 Å². The van der Waals surface area contributed by atoms with Gasteiger partial charge in [-0.1, -0.05) is 0 Å². The van der Waals surface area contributed by atoms with Gasteiger partial charge in [0.15, 0.2) is 0 Å². The summed E-state index contributed by atoms with van der Waals surface area (Å²) in [6.07, 6.45) is 4.20. The highest BCUT2D eigenvalue weighted by Gasteiger charge is 2.36. The van der Waals surface area contributed by atoms with Crippen LogP contribution in [0.5, 0.6) is 0 Å². The van der Waals surface area contributed by atoms with Crippen LogP contribution in [0.4, 0.5) is 0 Å². The smallest absolute Gasteiger partial charge is 0.0265 e. The molecule has 0 N–H and O–H groups in total. The molecule has 2 atom stereocenters. The molecule has 0 amide bonds. The lowest BCUT2D eigenvalue weighted by molar-refractivity contribution is 0.358. The minimum absolute atomic E-state index is 0.815. The Morgan fingerprint density at radius 1 is 1.17 bits per heavy atom. The second-order valence-electron chi connectivity index (χ2n) is 2.27. The monoisotopic (exact) mass is 82.1 g/mol. The van der Waals surface area contributed by atoms with Gasteiger partial charge >= 0.3 is 0 Å². The second kappa shape index (κ2) is 0.784. The maximum Gasteiger partial charge on any atom is 0.0265 e. The summed E-state index contributed by atoms with van der Waals surface area (Å²) in [5.41, 5.74) is 0. The van der Waals surface area contributed by atoms with E-state index in [0.29, 0.717) is 0 Å². The molecule has 0 spiro atoms. The van der Waals surface area contributed by atoms with Crippen LogP contribution in [0.2, 0.25) is 0 Å². The molecule has 1 heteroatoms. The van der Waals surface area contributed by atoms with Crippen LogP contribution in [0.1, 0.15) is 19.3 Å². The Morgan fingerprint density at radius 3 is 1.83 bits per heavy atom. The van der Waals surface area contributed by atoms with Crippen molar-refractivity contribution in [2.24, 2.45) is 0 Å². The van der Waals surface area contributed by atoms with Gasteiger partial charge in [-0.25, -0.2) is 5.32 Å². The first kappa shape index (κ1) is 3.03. The average Bonchev–Trinajstić information content (AvgIpc) is 1.72. The minimum Gasteiger partial charge on any atom is -0.235 e. The zero-order chi connectivity index (χ0) is 3.98. The molecule has 0 aromatic heterocycles. The van der Waals surface area contributed by atoms with Crippen LogP contribution in [0.15, 0.2) is 0 Å². The summed E-state index contributed by atoms with van der Waals surface area (Å²) in [5, 5.41) is 4.33. The van der Waals surface area contributed by atoms with E-state index in [1.807, 2.05) is 0 Å². The Morgan fingerprint density at radius 2 is 1.67 bits per heavy atom. The summed E-state index contributed by atoms with van der Waals surface area (Å²) >= 11 is 0. The standard InChI is InChI=1S/C5H8N/c1-2-5-3-4(1)6-5/h4-5H,1-3H2. The number of rotatable bonds is 0. The molecule has 2 saturated heterocycles. The van der Waals surface area contributed by atoms with Gasteiger partial charge in [0, 0.05) is 12.1 Å². The molecule has 3 aliphatic rings. The maximum absolute atomic E-state index is 4.33. The Hall–Kier alpha value is -0.0400. The van der Waals surface area contributed by atoms with E-state index in [-0.39, 0.29) is 0 Å². The van der Waals surface area contributed by atoms with Crippen LogP contribution < -0.4 is 5.32 Å². The van der Waals surface area contributed by atoms with Crippen molar-refractivity contribution >= 4 is 0 Å². The fourth-order valence-corrected chi connectivity index (χ4v) is 1.37. The number of hydrogen-bond acceptors (Lipinski definition) is 0. The molecule has 1 saturated carbocycles. The summed E-state index contributed by atoms with van der Waals surface area (Å²) in [6, 6.07) is 1.63. The lowest BCUT2D eigenvalue weighted by Gasteiger charge is -2.21. The lowest BCUT2D eigenvalue weighted by atomic mass is 10.1. The molecule has 6 heavy (non-hydrogen) atoms. The molecule has 3 rings (SSSR count). The maximum atomic E-state index is 4.33. The summed E-state index contributed by atoms with van der Waals surface area (Å²) in [7, 11) is 0. The minimum atomic E-state index is 0.815. The zero-order valence-corrected chi connectivity index (χ0v) is 3.72. The van der Waals surface area contributed by atoms with Gasteiger partial charge in [-0.05, 0) is 19.3 Å². The van der Waals surface area contributed by atoms with Crippen LogP contribution in [0, 0.1) is 0 Å². The number of hydrogen-bond donors (Lipinski definition) is 0. The van der Waals surface area contributed by atoms with E-state index in [2.05, 4.69) is 5.32 Å². The van der Waals surface area contributed by atoms with Gasteiger partial charge in [0.1, 0.15) is 0 Å². The first-order chi connectivity index (χ1) is 2.95. The molecule has 1 nitrogen and oxygen atoms in total. The fourth-order valence-electron chi connectivity index (χ4n) is 1.37. The predicted molar refractivity (Wildman–Crippen MR) is 23.6 cm³/mol. The van der Waals surface area contributed by atoms with Crippen molar-refractivity contribution in [2.45, 2.75) is 31.3 Å². The second-order valence-corrected chi connectivity index (χ2v) is 2.27.